The van der Waals surface area contributed by atoms with Crippen LogP contribution in [0.1, 0.15) is 36.1 Å². The number of benzene rings is 2. The number of carbonyl (C=O) groups is 1. The number of hydrogen-bond donors (Lipinski definition) is 1. The molecule has 3 heteroatoms. The van der Waals surface area contributed by atoms with Gasteiger partial charge in [-0.1, -0.05) is 60.7 Å². The third kappa shape index (κ3) is 3.92. The monoisotopic (exact) mass is 321 g/mol. The summed E-state index contributed by atoms with van der Waals surface area (Å²) >= 11 is 0. The molecule has 3 rings (SSSR count). The summed E-state index contributed by atoms with van der Waals surface area (Å²) in [6.07, 6.45) is 5.18. The van der Waals surface area contributed by atoms with E-state index in [0.29, 0.717) is 6.61 Å². The normalized spacial score (nSPS) is 19.9. The zero-order valence-corrected chi connectivity index (χ0v) is 13.9. The zero-order chi connectivity index (χ0) is 16.8. The second kappa shape index (κ2) is 7.93. The molecule has 0 fully saturated rings. The Morgan fingerprint density at radius 2 is 1.92 bits per heavy atom. The van der Waals surface area contributed by atoms with Crippen molar-refractivity contribution >= 4 is 5.91 Å². The van der Waals surface area contributed by atoms with Crippen LogP contribution in [0.4, 0.5) is 0 Å². The van der Waals surface area contributed by atoms with E-state index < -0.39 is 0 Å². The minimum atomic E-state index is -0.109. The van der Waals surface area contributed by atoms with Crippen LogP contribution in [-0.4, -0.2) is 12.0 Å². The van der Waals surface area contributed by atoms with Crippen molar-refractivity contribution < 1.29 is 9.53 Å². The molecular weight excluding hydrogens is 298 g/mol. The van der Waals surface area contributed by atoms with Gasteiger partial charge in [-0.2, -0.15) is 0 Å². The van der Waals surface area contributed by atoms with Gasteiger partial charge in [0.1, 0.15) is 0 Å². The molecule has 0 spiro atoms. The molecule has 0 unspecified atom stereocenters. The van der Waals surface area contributed by atoms with Crippen LogP contribution in [-0.2, 0) is 22.6 Å². The zero-order valence-electron chi connectivity index (χ0n) is 13.9. The van der Waals surface area contributed by atoms with E-state index in [1.54, 1.807) is 12.2 Å². The Balaban J connectivity index is 1.77. The van der Waals surface area contributed by atoms with Gasteiger partial charge in [0.05, 0.1) is 18.8 Å². The Kier molecular flexibility index (Phi) is 5.44. The maximum Gasteiger partial charge on any atom is 0.244 e. The number of allylic oxidation sites excluding steroid dienone is 1. The number of carbonyl (C=O) groups excluding carboxylic acids is 1. The van der Waals surface area contributed by atoms with Crippen molar-refractivity contribution in [3.8, 4) is 0 Å². The number of aryl methyl sites for hydroxylation is 1. The first-order valence-electron chi connectivity index (χ1n) is 8.44. The van der Waals surface area contributed by atoms with E-state index in [0.717, 1.165) is 18.4 Å². The van der Waals surface area contributed by atoms with E-state index in [9.17, 15) is 4.79 Å². The Morgan fingerprint density at radius 3 is 2.71 bits per heavy atom. The molecule has 2 atom stereocenters. The van der Waals surface area contributed by atoms with E-state index in [1.807, 2.05) is 31.2 Å². The fourth-order valence-electron chi connectivity index (χ4n) is 3.21. The van der Waals surface area contributed by atoms with Gasteiger partial charge in [0.2, 0.25) is 5.91 Å². The highest BCUT2D eigenvalue weighted by molar-refractivity contribution is 5.87. The maximum atomic E-state index is 12.1. The average Bonchev–Trinajstić information content (AvgIpc) is 2.62. The standard InChI is InChI=1S/C21H23NO2/c1-2-8-20(23)22-21-18-12-7-6-11-17(18)13-14-19(21)24-15-16-9-4-3-5-10-16/h2-12,19,21H,13-15H2,1H3,(H,22,23)/b8-2+/t19-,21-/m1/s1. The Hall–Kier alpha value is -2.39. The summed E-state index contributed by atoms with van der Waals surface area (Å²) in [5.74, 6) is -0.0764. The van der Waals surface area contributed by atoms with Gasteiger partial charge in [-0.05, 0) is 42.5 Å². The smallest absolute Gasteiger partial charge is 0.244 e. The Morgan fingerprint density at radius 1 is 1.17 bits per heavy atom. The highest BCUT2D eigenvalue weighted by Gasteiger charge is 2.30. The fraction of sp³-hybridized carbons (Fsp3) is 0.286. The average molecular weight is 321 g/mol. The molecule has 2 aromatic carbocycles. The third-order valence-electron chi connectivity index (χ3n) is 4.38. The molecule has 24 heavy (non-hydrogen) atoms. The topological polar surface area (TPSA) is 38.3 Å². The molecule has 1 aliphatic carbocycles. The molecule has 0 aliphatic heterocycles. The van der Waals surface area contributed by atoms with Gasteiger partial charge in [0, 0.05) is 0 Å². The summed E-state index contributed by atoms with van der Waals surface area (Å²) in [5, 5.41) is 3.11. The lowest BCUT2D eigenvalue weighted by Gasteiger charge is -2.34. The van der Waals surface area contributed by atoms with Gasteiger partial charge in [-0.3, -0.25) is 4.79 Å². The van der Waals surface area contributed by atoms with Gasteiger partial charge in [-0.25, -0.2) is 0 Å². The number of fused-ring (bicyclic) bond motifs is 1. The van der Waals surface area contributed by atoms with Crippen LogP contribution >= 0.6 is 0 Å². The van der Waals surface area contributed by atoms with E-state index in [1.165, 1.54) is 11.1 Å². The molecule has 0 bridgehead atoms. The van der Waals surface area contributed by atoms with Crippen LogP contribution in [0, 0.1) is 0 Å². The quantitative estimate of drug-likeness (QED) is 0.847. The van der Waals surface area contributed by atoms with Crippen molar-refractivity contribution in [3.05, 3.63) is 83.4 Å². The number of ether oxygens (including phenoxy) is 1. The van der Waals surface area contributed by atoms with Gasteiger partial charge >= 0.3 is 0 Å². The summed E-state index contributed by atoms with van der Waals surface area (Å²) in [7, 11) is 0. The highest BCUT2D eigenvalue weighted by atomic mass is 16.5. The molecule has 1 amide bonds. The van der Waals surface area contributed by atoms with Crippen LogP contribution in [0.5, 0.6) is 0 Å². The third-order valence-corrected chi connectivity index (χ3v) is 4.38. The van der Waals surface area contributed by atoms with E-state index >= 15 is 0 Å². The lowest BCUT2D eigenvalue weighted by Crippen LogP contribution is -2.40. The summed E-state index contributed by atoms with van der Waals surface area (Å²) < 4.78 is 6.18. The van der Waals surface area contributed by atoms with Crippen molar-refractivity contribution in [2.75, 3.05) is 0 Å². The summed E-state index contributed by atoms with van der Waals surface area (Å²) in [4.78, 5) is 12.1. The van der Waals surface area contributed by atoms with Gasteiger partial charge in [0.25, 0.3) is 0 Å². The molecule has 1 aliphatic rings. The summed E-state index contributed by atoms with van der Waals surface area (Å²) in [6, 6.07) is 18.3. The molecule has 0 radical (unpaired) electrons. The highest BCUT2D eigenvalue weighted by Crippen LogP contribution is 2.32. The minimum absolute atomic E-state index is 0.0192. The molecule has 124 valence electrons. The first-order valence-corrected chi connectivity index (χ1v) is 8.44. The van der Waals surface area contributed by atoms with Crippen LogP contribution in [0.2, 0.25) is 0 Å². The van der Waals surface area contributed by atoms with Gasteiger partial charge < -0.3 is 10.1 Å². The van der Waals surface area contributed by atoms with Crippen molar-refractivity contribution in [2.24, 2.45) is 0 Å². The van der Waals surface area contributed by atoms with Crippen molar-refractivity contribution in [2.45, 2.75) is 38.5 Å². The van der Waals surface area contributed by atoms with Crippen LogP contribution in [0.25, 0.3) is 0 Å². The van der Waals surface area contributed by atoms with Gasteiger partial charge in [0.15, 0.2) is 0 Å². The first kappa shape index (κ1) is 16.5. The van der Waals surface area contributed by atoms with Crippen molar-refractivity contribution in [1.82, 2.24) is 5.32 Å². The SMILES string of the molecule is C/C=C/C(=O)N[C@@H]1c2ccccc2CC[C@H]1OCc1ccccc1. The predicted octanol–water partition coefficient (Wildman–Crippen LogP) is 3.95. The molecule has 2 aromatic rings. The Labute approximate surface area is 143 Å². The molecule has 0 saturated heterocycles. The second-order valence-corrected chi connectivity index (χ2v) is 6.06. The number of amides is 1. The summed E-state index contributed by atoms with van der Waals surface area (Å²) in [5.41, 5.74) is 3.61. The van der Waals surface area contributed by atoms with E-state index in [4.69, 9.17) is 4.74 Å². The lowest BCUT2D eigenvalue weighted by atomic mass is 9.85. The van der Waals surface area contributed by atoms with E-state index in [-0.39, 0.29) is 18.1 Å². The predicted molar refractivity (Wildman–Crippen MR) is 95.5 cm³/mol. The van der Waals surface area contributed by atoms with Crippen molar-refractivity contribution in [1.29, 1.82) is 0 Å². The molecule has 0 saturated carbocycles. The molecule has 0 heterocycles. The summed E-state index contributed by atoms with van der Waals surface area (Å²) in [6.45, 7) is 2.40. The minimum Gasteiger partial charge on any atom is -0.371 e. The molecule has 1 N–H and O–H groups in total. The molecule has 0 aromatic heterocycles. The number of rotatable bonds is 5. The molecular formula is C21H23NO2. The van der Waals surface area contributed by atoms with Crippen LogP contribution in [0.15, 0.2) is 66.7 Å². The first-order chi connectivity index (χ1) is 11.8. The van der Waals surface area contributed by atoms with Crippen LogP contribution < -0.4 is 5.32 Å². The fourth-order valence-corrected chi connectivity index (χ4v) is 3.21. The number of hydrogen-bond acceptors (Lipinski definition) is 2. The molecule has 3 nitrogen and oxygen atoms in total. The maximum absolute atomic E-state index is 12.1. The lowest BCUT2D eigenvalue weighted by molar-refractivity contribution is -0.118. The largest absolute Gasteiger partial charge is 0.371 e. The van der Waals surface area contributed by atoms with E-state index in [2.05, 4.69) is 35.6 Å². The Bertz CT molecular complexity index is 709. The van der Waals surface area contributed by atoms with Crippen LogP contribution in [0.3, 0.4) is 0 Å². The second-order valence-electron chi connectivity index (χ2n) is 6.06. The number of nitrogens with one attached hydrogen (secondary N) is 1. The van der Waals surface area contributed by atoms with Gasteiger partial charge in [-0.15, -0.1) is 0 Å². The van der Waals surface area contributed by atoms with Crippen molar-refractivity contribution in [3.63, 3.8) is 0 Å².